The van der Waals surface area contributed by atoms with Gasteiger partial charge < -0.3 is 5.32 Å². The van der Waals surface area contributed by atoms with E-state index in [9.17, 15) is 8.78 Å². The van der Waals surface area contributed by atoms with Crippen LogP contribution in [0.2, 0.25) is 0 Å². The molecule has 1 unspecified atom stereocenters. The lowest BCUT2D eigenvalue weighted by atomic mass is 10.00. The first kappa shape index (κ1) is 13.7. The summed E-state index contributed by atoms with van der Waals surface area (Å²) in [7, 11) is 1.84. The van der Waals surface area contributed by atoms with Crippen molar-refractivity contribution in [2.45, 2.75) is 12.5 Å². The van der Waals surface area contributed by atoms with E-state index >= 15 is 0 Å². The van der Waals surface area contributed by atoms with Gasteiger partial charge in [-0.15, -0.1) is 0 Å². The molecule has 108 valence electrons. The Kier molecular flexibility index (Phi) is 3.66. The third kappa shape index (κ3) is 2.64. The summed E-state index contributed by atoms with van der Waals surface area (Å²) in [6.07, 6.45) is 4.24. The van der Waals surface area contributed by atoms with Gasteiger partial charge in [-0.2, -0.15) is 5.10 Å². The van der Waals surface area contributed by atoms with Crippen molar-refractivity contribution >= 4 is 5.52 Å². The number of rotatable bonds is 4. The van der Waals surface area contributed by atoms with Crippen LogP contribution < -0.4 is 5.32 Å². The smallest absolute Gasteiger partial charge is 0.159 e. The number of nitrogens with one attached hydrogen (secondary N) is 1. The maximum Gasteiger partial charge on any atom is 0.159 e. The molecule has 3 aromatic rings. The van der Waals surface area contributed by atoms with Gasteiger partial charge in [-0.05, 0) is 43.3 Å². The summed E-state index contributed by atoms with van der Waals surface area (Å²) in [5.74, 6) is -1.64. The maximum absolute atomic E-state index is 13.3. The van der Waals surface area contributed by atoms with Crippen LogP contribution in [-0.4, -0.2) is 16.7 Å². The Bertz CT molecular complexity index is 767. The largest absolute Gasteiger partial charge is 0.313 e. The van der Waals surface area contributed by atoms with Gasteiger partial charge in [0.05, 0.1) is 11.7 Å². The minimum Gasteiger partial charge on any atom is -0.313 e. The van der Waals surface area contributed by atoms with E-state index in [1.165, 1.54) is 6.07 Å². The van der Waals surface area contributed by atoms with Crippen molar-refractivity contribution in [3.8, 4) is 0 Å². The zero-order valence-corrected chi connectivity index (χ0v) is 11.6. The molecule has 1 atom stereocenters. The van der Waals surface area contributed by atoms with E-state index in [0.717, 1.165) is 22.7 Å². The molecule has 0 aliphatic rings. The second kappa shape index (κ2) is 5.61. The van der Waals surface area contributed by atoms with E-state index in [2.05, 4.69) is 10.4 Å². The molecule has 1 aromatic carbocycles. The molecule has 21 heavy (non-hydrogen) atoms. The monoisotopic (exact) mass is 287 g/mol. The van der Waals surface area contributed by atoms with Crippen molar-refractivity contribution < 1.29 is 8.78 Å². The van der Waals surface area contributed by atoms with Gasteiger partial charge in [-0.25, -0.2) is 13.3 Å². The second-order valence-corrected chi connectivity index (χ2v) is 4.92. The molecule has 0 amide bonds. The van der Waals surface area contributed by atoms with Crippen LogP contribution in [0.3, 0.4) is 0 Å². The third-order valence-electron chi connectivity index (χ3n) is 3.60. The standard InChI is InChI=1S/C16H15F2N3/c1-19-15(9-11-5-6-13(17)14(18)8-11)12-10-20-21-7-3-2-4-16(12)21/h2-8,10,15,19H,9H2,1H3. The Balaban J connectivity index is 1.93. The van der Waals surface area contributed by atoms with Gasteiger partial charge in [-0.1, -0.05) is 12.1 Å². The number of fused-ring (bicyclic) bond motifs is 1. The van der Waals surface area contributed by atoms with E-state index in [0.29, 0.717) is 6.42 Å². The number of benzene rings is 1. The van der Waals surface area contributed by atoms with Gasteiger partial charge in [0.25, 0.3) is 0 Å². The molecular weight excluding hydrogens is 272 g/mol. The predicted octanol–water partition coefficient (Wildman–Crippen LogP) is 3.12. The molecule has 0 saturated heterocycles. The highest BCUT2D eigenvalue weighted by Crippen LogP contribution is 2.23. The molecule has 0 saturated carbocycles. The Labute approximate surface area is 121 Å². The minimum atomic E-state index is -0.823. The van der Waals surface area contributed by atoms with Gasteiger partial charge in [0.2, 0.25) is 0 Å². The number of halogens is 2. The Morgan fingerprint density at radius 1 is 1.19 bits per heavy atom. The lowest BCUT2D eigenvalue weighted by molar-refractivity contribution is 0.504. The first-order valence-corrected chi connectivity index (χ1v) is 6.72. The van der Waals surface area contributed by atoms with Crippen molar-refractivity contribution in [3.05, 3.63) is 71.6 Å². The quantitative estimate of drug-likeness (QED) is 0.799. The van der Waals surface area contributed by atoms with E-state index in [1.54, 1.807) is 16.8 Å². The predicted molar refractivity (Wildman–Crippen MR) is 77.1 cm³/mol. The summed E-state index contributed by atoms with van der Waals surface area (Å²) >= 11 is 0. The van der Waals surface area contributed by atoms with Crippen LogP contribution >= 0.6 is 0 Å². The fourth-order valence-corrected chi connectivity index (χ4v) is 2.49. The zero-order chi connectivity index (χ0) is 14.8. The van der Waals surface area contributed by atoms with Crippen LogP contribution in [0, 0.1) is 11.6 Å². The van der Waals surface area contributed by atoms with Crippen LogP contribution in [0.25, 0.3) is 5.52 Å². The molecule has 0 fully saturated rings. The van der Waals surface area contributed by atoms with Gasteiger partial charge in [-0.3, -0.25) is 0 Å². The number of nitrogens with zero attached hydrogens (tertiary/aromatic N) is 2. The van der Waals surface area contributed by atoms with Crippen LogP contribution in [-0.2, 0) is 6.42 Å². The average molecular weight is 287 g/mol. The first-order valence-electron chi connectivity index (χ1n) is 6.72. The normalized spacial score (nSPS) is 12.7. The minimum absolute atomic E-state index is 0.0187. The van der Waals surface area contributed by atoms with Crippen LogP contribution in [0.1, 0.15) is 17.2 Å². The zero-order valence-electron chi connectivity index (χ0n) is 11.6. The summed E-state index contributed by atoms with van der Waals surface area (Å²) in [5.41, 5.74) is 2.77. The number of likely N-dealkylation sites (N-methyl/N-ethyl adjacent to an activating group) is 1. The van der Waals surface area contributed by atoms with Crippen molar-refractivity contribution in [1.29, 1.82) is 0 Å². The molecular formula is C16H15F2N3. The summed E-state index contributed by atoms with van der Waals surface area (Å²) in [5, 5.41) is 7.51. The molecule has 5 heteroatoms. The number of hydrogen-bond acceptors (Lipinski definition) is 2. The summed E-state index contributed by atoms with van der Waals surface area (Å²) in [4.78, 5) is 0. The molecule has 0 radical (unpaired) electrons. The fraction of sp³-hybridized carbons (Fsp3) is 0.188. The topological polar surface area (TPSA) is 29.3 Å². The molecule has 0 spiro atoms. The fourth-order valence-electron chi connectivity index (χ4n) is 2.49. The number of hydrogen-bond donors (Lipinski definition) is 1. The SMILES string of the molecule is CNC(Cc1ccc(F)c(F)c1)c1cnn2ccccc12. The molecule has 2 heterocycles. The van der Waals surface area contributed by atoms with E-state index in [-0.39, 0.29) is 6.04 Å². The molecule has 0 aliphatic carbocycles. The summed E-state index contributed by atoms with van der Waals surface area (Å²) < 4.78 is 28.1. The molecule has 3 rings (SSSR count). The van der Waals surface area contributed by atoms with Crippen LogP contribution in [0.15, 0.2) is 48.8 Å². The molecule has 2 aromatic heterocycles. The van der Waals surface area contributed by atoms with E-state index in [1.807, 2.05) is 31.4 Å². The summed E-state index contributed by atoms with van der Waals surface area (Å²) in [6, 6.07) is 9.83. The lowest BCUT2D eigenvalue weighted by Crippen LogP contribution is -2.18. The lowest BCUT2D eigenvalue weighted by Gasteiger charge is -2.15. The van der Waals surface area contributed by atoms with Gasteiger partial charge in [0.15, 0.2) is 11.6 Å². The Hall–Kier alpha value is -2.27. The van der Waals surface area contributed by atoms with Crippen molar-refractivity contribution in [2.75, 3.05) is 7.05 Å². The van der Waals surface area contributed by atoms with Gasteiger partial charge in [0.1, 0.15) is 0 Å². The number of pyridine rings is 1. The van der Waals surface area contributed by atoms with Gasteiger partial charge >= 0.3 is 0 Å². The molecule has 0 aliphatic heterocycles. The maximum atomic E-state index is 13.3. The number of aromatic nitrogens is 2. The van der Waals surface area contributed by atoms with Crippen LogP contribution in [0.4, 0.5) is 8.78 Å². The molecule has 1 N–H and O–H groups in total. The van der Waals surface area contributed by atoms with E-state index < -0.39 is 11.6 Å². The Morgan fingerprint density at radius 2 is 2.05 bits per heavy atom. The Morgan fingerprint density at radius 3 is 2.81 bits per heavy atom. The molecule has 0 bridgehead atoms. The summed E-state index contributed by atoms with van der Waals surface area (Å²) in [6.45, 7) is 0. The third-order valence-corrected chi connectivity index (χ3v) is 3.60. The highest BCUT2D eigenvalue weighted by molar-refractivity contribution is 5.55. The molecule has 3 nitrogen and oxygen atoms in total. The van der Waals surface area contributed by atoms with Crippen molar-refractivity contribution in [3.63, 3.8) is 0 Å². The van der Waals surface area contributed by atoms with Crippen molar-refractivity contribution in [2.24, 2.45) is 0 Å². The first-order chi connectivity index (χ1) is 10.2. The average Bonchev–Trinajstić information content (AvgIpc) is 2.92. The highest BCUT2D eigenvalue weighted by atomic mass is 19.2. The van der Waals surface area contributed by atoms with Crippen molar-refractivity contribution in [1.82, 2.24) is 14.9 Å². The van der Waals surface area contributed by atoms with Crippen LogP contribution in [0.5, 0.6) is 0 Å². The van der Waals surface area contributed by atoms with E-state index in [4.69, 9.17) is 0 Å². The van der Waals surface area contributed by atoms with Gasteiger partial charge in [0, 0.05) is 17.8 Å². The highest BCUT2D eigenvalue weighted by Gasteiger charge is 2.16. The second-order valence-electron chi connectivity index (χ2n) is 4.92.